The van der Waals surface area contributed by atoms with Crippen LogP contribution in [0.5, 0.6) is 0 Å². The van der Waals surface area contributed by atoms with Crippen molar-refractivity contribution in [2.45, 2.75) is 83.5 Å². The number of methoxy groups -OCH3 is 1. The van der Waals surface area contributed by atoms with Crippen LogP contribution in [0, 0.1) is 11.8 Å². The van der Waals surface area contributed by atoms with Gasteiger partial charge in [-0.25, -0.2) is 4.79 Å². The molecule has 3 saturated carbocycles. The zero-order valence-corrected chi connectivity index (χ0v) is 19.7. The molecule has 4 aliphatic rings. The van der Waals surface area contributed by atoms with Crippen molar-refractivity contribution in [3.63, 3.8) is 0 Å². The predicted octanol–water partition coefficient (Wildman–Crippen LogP) is 4.96. The van der Waals surface area contributed by atoms with E-state index in [0.29, 0.717) is 16.5 Å². The number of hydrogen-bond acceptors (Lipinski definition) is 6. The number of ether oxygens (including phenoxy) is 3. The number of esters is 1. The molecule has 1 aromatic rings. The van der Waals surface area contributed by atoms with Crippen LogP contribution in [0.1, 0.15) is 87.5 Å². The van der Waals surface area contributed by atoms with Crippen LogP contribution in [0.2, 0.25) is 0 Å². The van der Waals surface area contributed by atoms with Crippen molar-refractivity contribution in [1.29, 1.82) is 0 Å². The molecule has 1 aromatic heterocycles. The number of carbonyl (C=O) groups is 2. The maximum atomic E-state index is 13.4. The molecule has 2 bridgehead atoms. The molecule has 3 fully saturated rings. The lowest BCUT2D eigenvalue weighted by Gasteiger charge is -2.50. The van der Waals surface area contributed by atoms with Gasteiger partial charge < -0.3 is 19.5 Å². The van der Waals surface area contributed by atoms with E-state index in [1.165, 1.54) is 11.3 Å². The molecular formula is C23H33NO5S. The molecule has 1 aliphatic heterocycles. The molecule has 30 heavy (non-hydrogen) atoms. The first-order valence-corrected chi connectivity index (χ1v) is 11.8. The van der Waals surface area contributed by atoms with E-state index in [1.807, 2.05) is 27.7 Å². The van der Waals surface area contributed by atoms with Gasteiger partial charge in [-0.15, -0.1) is 11.3 Å². The van der Waals surface area contributed by atoms with Crippen molar-refractivity contribution < 1.29 is 23.8 Å². The Kier molecular flexibility index (Phi) is 5.31. The predicted molar refractivity (Wildman–Crippen MR) is 116 cm³/mol. The van der Waals surface area contributed by atoms with Gasteiger partial charge in [0.2, 0.25) is 5.91 Å². The lowest BCUT2D eigenvalue weighted by molar-refractivity contribution is -0.154. The Morgan fingerprint density at radius 1 is 1.17 bits per heavy atom. The van der Waals surface area contributed by atoms with E-state index >= 15 is 0 Å². The topological polar surface area (TPSA) is 73.9 Å². The summed E-state index contributed by atoms with van der Waals surface area (Å²) < 4.78 is 17.5. The molecule has 0 saturated heterocycles. The van der Waals surface area contributed by atoms with E-state index in [0.717, 1.165) is 42.5 Å². The summed E-state index contributed by atoms with van der Waals surface area (Å²) in [7, 11) is 1.72. The summed E-state index contributed by atoms with van der Waals surface area (Å²) in [5.74, 6) is -0.0734. The van der Waals surface area contributed by atoms with Crippen molar-refractivity contribution >= 4 is 28.2 Å². The van der Waals surface area contributed by atoms with Crippen LogP contribution in [0.15, 0.2) is 0 Å². The van der Waals surface area contributed by atoms with Crippen LogP contribution in [0.3, 0.4) is 0 Å². The molecule has 0 aromatic carbocycles. The van der Waals surface area contributed by atoms with Crippen LogP contribution in [-0.2, 0) is 30.2 Å². The molecule has 1 atom stereocenters. The molecule has 1 amide bonds. The first-order valence-electron chi connectivity index (χ1n) is 11.0. The fraction of sp³-hybridized carbons (Fsp3) is 0.739. The SMILES string of the molecule is CCOC(=O)c1c(NC(=O)C2CC3CCC2(OC)CC3)sc2c1C(C)(C)OC2(C)C. The molecule has 166 valence electrons. The Morgan fingerprint density at radius 2 is 1.83 bits per heavy atom. The second-order valence-electron chi connectivity index (χ2n) is 9.84. The first-order chi connectivity index (χ1) is 14.0. The second kappa shape index (κ2) is 7.31. The molecule has 2 heterocycles. The van der Waals surface area contributed by atoms with E-state index < -0.39 is 17.2 Å². The molecule has 0 spiro atoms. The van der Waals surface area contributed by atoms with Gasteiger partial charge in [0.05, 0.1) is 29.3 Å². The number of rotatable bonds is 5. The average Bonchev–Trinajstić information content (AvgIpc) is 3.16. The van der Waals surface area contributed by atoms with Gasteiger partial charge in [-0.1, -0.05) is 0 Å². The maximum absolute atomic E-state index is 13.4. The van der Waals surface area contributed by atoms with Gasteiger partial charge in [-0.05, 0) is 72.6 Å². The summed E-state index contributed by atoms with van der Waals surface area (Å²) >= 11 is 1.43. The van der Waals surface area contributed by atoms with Gasteiger partial charge in [0, 0.05) is 17.6 Å². The van der Waals surface area contributed by atoms with Gasteiger partial charge >= 0.3 is 5.97 Å². The third kappa shape index (κ3) is 3.30. The minimum Gasteiger partial charge on any atom is -0.462 e. The van der Waals surface area contributed by atoms with Crippen LogP contribution in [-0.4, -0.2) is 31.2 Å². The largest absolute Gasteiger partial charge is 0.462 e. The van der Waals surface area contributed by atoms with Crippen LogP contribution in [0.4, 0.5) is 5.00 Å². The summed E-state index contributed by atoms with van der Waals surface area (Å²) in [5.41, 5.74) is -0.292. The van der Waals surface area contributed by atoms with E-state index in [1.54, 1.807) is 14.0 Å². The third-order valence-corrected chi connectivity index (χ3v) is 8.57. The number of carbonyl (C=O) groups excluding carboxylic acids is 2. The van der Waals surface area contributed by atoms with Gasteiger partial charge in [-0.3, -0.25) is 4.79 Å². The molecule has 1 unspecified atom stereocenters. The lowest BCUT2D eigenvalue weighted by Crippen LogP contribution is -2.53. The number of nitrogens with one attached hydrogen (secondary N) is 1. The second-order valence-corrected chi connectivity index (χ2v) is 10.9. The average molecular weight is 436 g/mol. The molecule has 0 radical (unpaired) electrons. The molecule has 6 nitrogen and oxygen atoms in total. The summed E-state index contributed by atoms with van der Waals surface area (Å²) in [6.07, 6.45) is 4.94. The van der Waals surface area contributed by atoms with E-state index in [4.69, 9.17) is 14.2 Å². The van der Waals surface area contributed by atoms with Crippen molar-refractivity contribution in [3.8, 4) is 0 Å². The summed E-state index contributed by atoms with van der Waals surface area (Å²) in [6.45, 7) is 9.98. The summed E-state index contributed by atoms with van der Waals surface area (Å²) in [4.78, 5) is 27.3. The molecule has 1 N–H and O–H groups in total. The number of hydrogen-bond donors (Lipinski definition) is 1. The Hall–Kier alpha value is -1.44. The van der Waals surface area contributed by atoms with E-state index in [-0.39, 0.29) is 24.0 Å². The van der Waals surface area contributed by atoms with Gasteiger partial charge in [0.1, 0.15) is 10.6 Å². The van der Waals surface area contributed by atoms with Crippen LogP contribution >= 0.6 is 11.3 Å². The zero-order valence-electron chi connectivity index (χ0n) is 18.8. The normalized spacial score (nSPS) is 30.7. The highest BCUT2D eigenvalue weighted by Crippen LogP contribution is 2.55. The van der Waals surface area contributed by atoms with E-state index in [9.17, 15) is 9.59 Å². The number of amides is 1. The number of fused-ring (bicyclic) bond motifs is 4. The van der Waals surface area contributed by atoms with Crippen molar-refractivity contribution in [2.75, 3.05) is 19.0 Å². The molecular weight excluding hydrogens is 402 g/mol. The van der Waals surface area contributed by atoms with Crippen molar-refractivity contribution in [2.24, 2.45) is 11.8 Å². The maximum Gasteiger partial charge on any atom is 0.341 e. The van der Waals surface area contributed by atoms with Gasteiger partial charge in [-0.2, -0.15) is 0 Å². The highest BCUT2D eigenvalue weighted by Gasteiger charge is 2.52. The minimum absolute atomic E-state index is 0.0525. The molecule has 3 aliphatic carbocycles. The minimum atomic E-state index is -0.641. The number of thiophene rings is 1. The van der Waals surface area contributed by atoms with Gasteiger partial charge in [0.15, 0.2) is 0 Å². The quantitative estimate of drug-likeness (QED) is 0.662. The molecule has 5 rings (SSSR count). The fourth-order valence-electron chi connectivity index (χ4n) is 5.84. The highest BCUT2D eigenvalue weighted by atomic mass is 32.1. The van der Waals surface area contributed by atoms with Crippen LogP contribution in [0.25, 0.3) is 0 Å². The van der Waals surface area contributed by atoms with Crippen molar-refractivity contribution in [3.05, 3.63) is 16.0 Å². The Morgan fingerprint density at radius 3 is 2.43 bits per heavy atom. The fourth-order valence-corrected chi connectivity index (χ4v) is 7.22. The lowest BCUT2D eigenvalue weighted by atomic mass is 9.61. The standard InChI is InChI=1S/C23H33NO5S/c1-7-28-20(26)15-16-17(22(4,5)29-21(16,2)3)30-19(15)24-18(25)14-12-13-8-10-23(14,27-6)11-9-13/h13-14H,7-12H2,1-6H3,(H,24,25). The third-order valence-electron chi connectivity index (χ3n) is 7.16. The van der Waals surface area contributed by atoms with E-state index in [2.05, 4.69) is 5.32 Å². The van der Waals surface area contributed by atoms with Crippen molar-refractivity contribution in [1.82, 2.24) is 0 Å². The summed E-state index contributed by atoms with van der Waals surface area (Å²) in [6, 6.07) is 0. The molecule has 7 heteroatoms. The zero-order chi connectivity index (χ0) is 21.9. The Bertz CT molecular complexity index is 863. The summed E-state index contributed by atoms with van der Waals surface area (Å²) in [5, 5.41) is 3.68. The Balaban J connectivity index is 1.71. The smallest absolute Gasteiger partial charge is 0.341 e. The Labute approximate surface area is 182 Å². The van der Waals surface area contributed by atoms with Gasteiger partial charge in [0.25, 0.3) is 0 Å². The number of anilines is 1. The van der Waals surface area contributed by atoms with Crippen LogP contribution < -0.4 is 5.32 Å². The monoisotopic (exact) mass is 435 g/mol. The first kappa shape index (κ1) is 21.8. The highest BCUT2D eigenvalue weighted by molar-refractivity contribution is 7.17.